The lowest BCUT2D eigenvalue weighted by Crippen LogP contribution is -1.79. The van der Waals surface area contributed by atoms with Crippen molar-refractivity contribution in [3.8, 4) is 0 Å². The number of hydrogen-bond acceptors (Lipinski definition) is 1. The summed E-state index contributed by atoms with van der Waals surface area (Å²) >= 11 is 10.4. The van der Waals surface area contributed by atoms with Crippen LogP contribution in [0.2, 0.25) is 0 Å². The molecule has 0 heterocycles. The van der Waals surface area contributed by atoms with Gasteiger partial charge in [-0.05, 0) is 6.08 Å². The van der Waals surface area contributed by atoms with Gasteiger partial charge in [0.15, 0.2) is 0 Å². The maximum absolute atomic E-state index is 5.20. The molecular weight excluding hydrogens is 135 g/mol. The first-order valence-corrected chi connectivity index (χ1v) is 2.53. The van der Waals surface area contributed by atoms with Crippen molar-refractivity contribution >= 4 is 23.2 Å². The third kappa shape index (κ3) is 6.28. The van der Waals surface area contributed by atoms with Gasteiger partial charge in [0.2, 0.25) is 0 Å². The van der Waals surface area contributed by atoms with E-state index < -0.39 is 0 Å². The highest BCUT2D eigenvalue weighted by atomic mass is 35.5. The molecule has 0 spiro atoms. The Kier molecular flexibility index (Phi) is 4.62. The summed E-state index contributed by atoms with van der Waals surface area (Å²) in [7, 11) is 1.58. The van der Waals surface area contributed by atoms with Gasteiger partial charge in [0, 0.05) is 7.11 Å². The van der Waals surface area contributed by atoms with Crippen LogP contribution < -0.4 is 0 Å². The van der Waals surface area contributed by atoms with Crippen LogP contribution in [0.1, 0.15) is 0 Å². The average molecular weight is 141 g/mol. The van der Waals surface area contributed by atoms with Gasteiger partial charge in [-0.2, -0.15) is 0 Å². The van der Waals surface area contributed by atoms with Crippen LogP contribution >= 0.6 is 23.2 Å². The van der Waals surface area contributed by atoms with E-state index in [0.29, 0.717) is 6.61 Å². The molecule has 0 atom stereocenters. The predicted octanol–water partition coefficient (Wildman–Crippen LogP) is 1.95. The minimum atomic E-state index is 0.252. The minimum absolute atomic E-state index is 0.252. The molecule has 42 valence electrons. The predicted molar refractivity (Wildman–Crippen MR) is 31.7 cm³/mol. The van der Waals surface area contributed by atoms with Crippen LogP contribution in [-0.2, 0) is 4.74 Å². The maximum Gasteiger partial charge on any atom is 0.105 e. The van der Waals surface area contributed by atoms with Crippen molar-refractivity contribution in [1.82, 2.24) is 0 Å². The van der Waals surface area contributed by atoms with E-state index in [9.17, 15) is 0 Å². The van der Waals surface area contributed by atoms with Gasteiger partial charge < -0.3 is 4.74 Å². The molecule has 1 nitrogen and oxygen atoms in total. The van der Waals surface area contributed by atoms with Crippen LogP contribution in [0.5, 0.6) is 0 Å². The third-order valence-electron chi connectivity index (χ3n) is 0.404. The summed E-state index contributed by atoms with van der Waals surface area (Å²) < 4.78 is 4.86. The zero-order chi connectivity index (χ0) is 5.70. The SMILES string of the molecule is COCC=C(Cl)Cl. The molecule has 0 N–H and O–H groups in total. The number of rotatable bonds is 2. The Hall–Kier alpha value is 0.280. The summed E-state index contributed by atoms with van der Waals surface area (Å²) in [5, 5.41) is 0. The van der Waals surface area contributed by atoms with Crippen molar-refractivity contribution in [3.63, 3.8) is 0 Å². The summed E-state index contributed by atoms with van der Waals surface area (Å²) in [4.78, 5) is 0. The molecule has 0 amide bonds. The van der Waals surface area contributed by atoms with E-state index in [2.05, 4.69) is 4.74 Å². The zero-order valence-corrected chi connectivity index (χ0v) is 5.46. The standard InChI is InChI=1S/C4H6Cl2O/c1-7-3-2-4(5)6/h2H,3H2,1H3. The number of ether oxygens (including phenoxy) is 1. The van der Waals surface area contributed by atoms with Gasteiger partial charge >= 0.3 is 0 Å². The molecule has 0 aromatic heterocycles. The molecule has 0 fully saturated rings. The topological polar surface area (TPSA) is 9.23 Å². The largest absolute Gasteiger partial charge is 0.381 e. The van der Waals surface area contributed by atoms with Crippen molar-refractivity contribution in [2.75, 3.05) is 13.7 Å². The smallest absolute Gasteiger partial charge is 0.105 e. The molecule has 0 aromatic carbocycles. The summed E-state index contributed by atoms with van der Waals surface area (Å²) in [6.45, 7) is 0.475. The Morgan fingerprint density at radius 1 is 1.71 bits per heavy atom. The second-order valence-corrected chi connectivity index (χ2v) is 1.96. The number of halogens is 2. The highest BCUT2D eigenvalue weighted by Gasteiger charge is 1.77. The molecule has 0 aliphatic carbocycles. The third-order valence-corrected chi connectivity index (χ3v) is 0.713. The monoisotopic (exact) mass is 140 g/mol. The van der Waals surface area contributed by atoms with Gasteiger partial charge in [-0.25, -0.2) is 0 Å². The number of hydrogen-bond donors (Lipinski definition) is 0. The normalized spacial score (nSPS) is 8.43. The van der Waals surface area contributed by atoms with Gasteiger partial charge in [-0.15, -0.1) is 0 Å². The first-order chi connectivity index (χ1) is 3.27. The molecule has 0 aromatic rings. The number of methoxy groups -OCH3 is 1. The Balaban J connectivity index is 3.08. The van der Waals surface area contributed by atoms with Crippen LogP contribution in [0.25, 0.3) is 0 Å². The quantitative estimate of drug-likeness (QED) is 0.571. The van der Waals surface area contributed by atoms with Gasteiger partial charge in [0.1, 0.15) is 4.49 Å². The Labute approximate surface area is 52.9 Å². The van der Waals surface area contributed by atoms with E-state index >= 15 is 0 Å². The van der Waals surface area contributed by atoms with Crippen LogP contribution in [0.15, 0.2) is 10.6 Å². The lowest BCUT2D eigenvalue weighted by Gasteiger charge is -1.84. The molecule has 3 heteroatoms. The molecule has 0 aliphatic heterocycles. The fourth-order valence-corrected chi connectivity index (χ4v) is 0.272. The summed E-state index contributed by atoms with van der Waals surface area (Å²) in [5.74, 6) is 0. The summed E-state index contributed by atoms with van der Waals surface area (Å²) in [6, 6.07) is 0. The fraction of sp³-hybridized carbons (Fsp3) is 0.500. The van der Waals surface area contributed by atoms with Crippen molar-refractivity contribution in [1.29, 1.82) is 0 Å². The van der Waals surface area contributed by atoms with Gasteiger partial charge in [0.25, 0.3) is 0 Å². The van der Waals surface area contributed by atoms with E-state index in [1.807, 2.05) is 0 Å². The lowest BCUT2D eigenvalue weighted by molar-refractivity contribution is 0.234. The van der Waals surface area contributed by atoms with Gasteiger partial charge in [0.05, 0.1) is 6.61 Å². The van der Waals surface area contributed by atoms with Crippen molar-refractivity contribution in [2.24, 2.45) is 0 Å². The second kappa shape index (κ2) is 4.44. The molecule has 0 bridgehead atoms. The average Bonchev–Trinajstić information content (AvgIpc) is 1.61. The Morgan fingerprint density at radius 2 is 2.29 bits per heavy atom. The van der Waals surface area contributed by atoms with Crippen molar-refractivity contribution < 1.29 is 4.74 Å². The molecule has 0 unspecified atom stereocenters. The molecule has 0 saturated heterocycles. The summed E-state index contributed by atoms with van der Waals surface area (Å²) in [5.41, 5.74) is 0. The highest BCUT2D eigenvalue weighted by molar-refractivity contribution is 6.55. The maximum atomic E-state index is 5.20. The molecule has 0 saturated carbocycles. The first kappa shape index (κ1) is 7.28. The minimum Gasteiger partial charge on any atom is -0.381 e. The fourth-order valence-electron chi connectivity index (χ4n) is 0.146. The van der Waals surface area contributed by atoms with E-state index in [1.54, 1.807) is 13.2 Å². The van der Waals surface area contributed by atoms with E-state index in [4.69, 9.17) is 23.2 Å². The molecule has 0 aliphatic rings. The van der Waals surface area contributed by atoms with Crippen LogP contribution in [-0.4, -0.2) is 13.7 Å². The first-order valence-electron chi connectivity index (χ1n) is 1.77. The molecule has 7 heavy (non-hydrogen) atoms. The molecule has 0 rings (SSSR count). The van der Waals surface area contributed by atoms with Crippen molar-refractivity contribution in [2.45, 2.75) is 0 Å². The summed E-state index contributed by atoms with van der Waals surface area (Å²) in [6.07, 6.45) is 1.57. The van der Waals surface area contributed by atoms with Crippen LogP contribution in [0.3, 0.4) is 0 Å². The van der Waals surface area contributed by atoms with E-state index in [0.717, 1.165) is 0 Å². The highest BCUT2D eigenvalue weighted by Crippen LogP contribution is 2.04. The van der Waals surface area contributed by atoms with E-state index in [1.165, 1.54) is 0 Å². The Bertz CT molecular complexity index is 66.1. The zero-order valence-electron chi connectivity index (χ0n) is 3.95. The van der Waals surface area contributed by atoms with Crippen LogP contribution in [0.4, 0.5) is 0 Å². The Morgan fingerprint density at radius 3 is 2.43 bits per heavy atom. The molecular formula is C4H6Cl2O. The van der Waals surface area contributed by atoms with Crippen LogP contribution in [0, 0.1) is 0 Å². The van der Waals surface area contributed by atoms with Gasteiger partial charge in [-0.1, -0.05) is 23.2 Å². The van der Waals surface area contributed by atoms with E-state index in [-0.39, 0.29) is 4.49 Å². The van der Waals surface area contributed by atoms with Gasteiger partial charge in [-0.3, -0.25) is 0 Å². The second-order valence-electron chi connectivity index (χ2n) is 0.949. The molecule has 0 radical (unpaired) electrons. The van der Waals surface area contributed by atoms with Crippen molar-refractivity contribution in [3.05, 3.63) is 10.6 Å². The lowest BCUT2D eigenvalue weighted by atomic mass is 10.7.